The summed E-state index contributed by atoms with van der Waals surface area (Å²) >= 11 is 0. The Morgan fingerprint density at radius 1 is 1.21 bits per heavy atom. The third-order valence-electron chi connectivity index (χ3n) is 1.55. The summed E-state index contributed by atoms with van der Waals surface area (Å²) in [7, 11) is -3.94. The van der Waals surface area contributed by atoms with E-state index in [0.29, 0.717) is 0 Å². The Bertz CT molecular complexity index is 470. The first-order chi connectivity index (χ1) is 6.08. The molecule has 1 N–H and O–H groups in total. The van der Waals surface area contributed by atoms with E-state index in [0.717, 1.165) is 0 Å². The summed E-state index contributed by atoms with van der Waals surface area (Å²) < 4.78 is 28.0. The zero-order valence-corrected chi connectivity index (χ0v) is 10.2. The molecule has 69 valence electrons. The van der Waals surface area contributed by atoms with Crippen LogP contribution in [0.25, 0.3) is 0 Å². The summed E-state index contributed by atoms with van der Waals surface area (Å²) in [6, 6.07) is 6.12. The van der Waals surface area contributed by atoms with E-state index in [9.17, 15) is 13.2 Å². The van der Waals surface area contributed by atoms with Crippen LogP contribution in [0, 0.1) is 0 Å². The van der Waals surface area contributed by atoms with Gasteiger partial charge in [0, 0.05) is 29.6 Å². The molecule has 0 unspecified atom stereocenters. The van der Waals surface area contributed by atoms with Crippen LogP contribution in [0.1, 0.15) is 10.4 Å². The van der Waals surface area contributed by atoms with Crippen LogP contribution in [0.5, 0.6) is 5.75 Å². The zero-order valence-electron chi connectivity index (χ0n) is 7.35. The Morgan fingerprint density at radius 2 is 1.86 bits per heavy atom. The van der Waals surface area contributed by atoms with Crippen molar-refractivity contribution in [3.8, 4) is 5.75 Å². The summed E-state index contributed by atoms with van der Waals surface area (Å²) in [5.41, 5.74) is 0.220. The molecule has 1 aliphatic heterocycles. The van der Waals surface area contributed by atoms with Crippen LogP contribution in [0.2, 0.25) is 0 Å². The van der Waals surface area contributed by atoms with E-state index < -0.39 is 16.2 Å². The number of rotatable bonds is 0. The summed E-state index contributed by atoms with van der Waals surface area (Å²) in [6.07, 6.45) is 0. The molecule has 1 aromatic rings. The average Bonchev–Trinajstić information content (AvgIpc) is 2.02. The maximum Gasteiger partial charge on any atom is 0.410 e. The molecule has 0 saturated carbocycles. The van der Waals surface area contributed by atoms with Crippen LogP contribution >= 0.6 is 0 Å². The molecule has 1 aliphatic rings. The quantitative estimate of drug-likeness (QED) is 0.610. The maximum atomic E-state index is 11.1. The second kappa shape index (κ2) is 3.90. The van der Waals surface area contributed by atoms with Crippen molar-refractivity contribution < 1.29 is 17.4 Å². The van der Waals surface area contributed by atoms with Crippen molar-refractivity contribution in [1.29, 1.82) is 0 Å². The molecule has 0 spiro atoms. The molecule has 1 amide bonds. The number of para-hydroxylation sites is 1. The molecular weight excluding hydrogens is 217 g/mol. The second-order valence-corrected chi connectivity index (χ2v) is 3.74. The van der Waals surface area contributed by atoms with Crippen LogP contribution in [-0.2, 0) is 10.3 Å². The van der Waals surface area contributed by atoms with Crippen molar-refractivity contribution in [1.82, 2.24) is 4.72 Å². The van der Waals surface area contributed by atoms with Crippen molar-refractivity contribution >= 4 is 45.8 Å². The minimum atomic E-state index is -3.94. The fourth-order valence-corrected chi connectivity index (χ4v) is 1.79. The van der Waals surface area contributed by atoms with E-state index in [1.165, 1.54) is 12.1 Å². The summed E-state index contributed by atoms with van der Waals surface area (Å²) in [6.45, 7) is 0. The van der Waals surface area contributed by atoms with Crippen LogP contribution in [0.4, 0.5) is 0 Å². The second-order valence-electron chi connectivity index (χ2n) is 2.46. The van der Waals surface area contributed by atoms with E-state index in [1.807, 2.05) is 0 Å². The number of fused-ring (bicyclic) bond motifs is 1. The third kappa shape index (κ3) is 2.09. The third-order valence-corrected chi connectivity index (χ3v) is 2.38. The Kier molecular flexibility index (Phi) is 3.20. The summed E-state index contributed by atoms with van der Waals surface area (Å²) in [4.78, 5) is 11.1. The number of hydrogen-bond donors (Lipinski definition) is 1. The average molecular weight is 222 g/mol. The predicted molar refractivity (Wildman–Crippen MR) is 49.2 cm³/mol. The molecule has 1 heterocycles. The van der Waals surface area contributed by atoms with Crippen LogP contribution < -0.4 is 8.91 Å². The van der Waals surface area contributed by atoms with Crippen LogP contribution in [-0.4, -0.2) is 43.9 Å². The Morgan fingerprint density at radius 3 is 2.57 bits per heavy atom. The Hall–Kier alpha value is -0.560. The Labute approximate surface area is 103 Å². The molecular formula is C7H5NNaO4S. The number of benzene rings is 1. The van der Waals surface area contributed by atoms with Crippen molar-refractivity contribution in [3.05, 3.63) is 29.8 Å². The fourth-order valence-electron chi connectivity index (χ4n) is 1.03. The van der Waals surface area contributed by atoms with Crippen molar-refractivity contribution in [2.24, 2.45) is 0 Å². The molecule has 0 fully saturated rings. The number of hydrogen-bond acceptors (Lipinski definition) is 4. The standard InChI is InChI=1S/C7H5NO4S.Na/c9-7-5-3-1-2-4-6(5)12-13(10,11)8-7;/h1-4H,(H,8,9);. The van der Waals surface area contributed by atoms with E-state index in [4.69, 9.17) is 0 Å². The van der Waals surface area contributed by atoms with Gasteiger partial charge in [0.15, 0.2) is 5.75 Å². The SMILES string of the molecule is O=C1NS(=O)(=O)Oc2ccccc21.[Na]. The first-order valence-electron chi connectivity index (χ1n) is 3.44. The largest absolute Gasteiger partial charge is 0.410 e. The van der Waals surface area contributed by atoms with E-state index in [-0.39, 0.29) is 40.9 Å². The normalized spacial score (nSPS) is 17.0. The van der Waals surface area contributed by atoms with E-state index >= 15 is 0 Å². The van der Waals surface area contributed by atoms with Gasteiger partial charge in [-0.25, -0.2) is 4.72 Å². The van der Waals surface area contributed by atoms with Gasteiger partial charge in [-0.15, -0.1) is 0 Å². The molecule has 0 bridgehead atoms. The topological polar surface area (TPSA) is 72.5 Å². The molecule has 2 rings (SSSR count). The molecule has 1 radical (unpaired) electrons. The van der Waals surface area contributed by atoms with Crippen LogP contribution in [0.3, 0.4) is 0 Å². The summed E-state index contributed by atoms with van der Waals surface area (Å²) in [5, 5.41) is 0. The zero-order chi connectivity index (χ0) is 9.47. The number of nitrogens with one attached hydrogen (secondary N) is 1. The molecule has 5 nitrogen and oxygen atoms in total. The van der Waals surface area contributed by atoms with E-state index in [1.54, 1.807) is 16.9 Å². The van der Waals surface area contributed by atoms with Gasteiger partial charge in [-0.3, -0.25) is 4.79 Å². The minimum Gasteiger partial charge on any atom is -0.366 e. The Balaban J connectivity index is 0.000000980. The minimum absolute atomic E-state index is 0. The van der Waals surface area contributed by atoms with Gasteiger partial charge in [-0.1, -0.05) is 12.1 Å². The van der Waals surface area contributed by atoms with Gasteiger partial charge in [0.25, 0.3) is 5.91 Å². The number of carbonyl (C=O) groups excluding carboxylic acids is 1. The van der Waals surface area contributed by atoms with E-state index in [2.05, 4.69) is 4.18 Å². The molecule has 0 aromatic heterocycles. The number of carbonyl (C=O) groups is 1. The van der Waals surface area contributed by atoms with Gasteiger partial charge in [0.05, 0.1) is 5.56 Å². The van der Waals surface area contributed by atoms with Gasteiger partial charge in [0.2, 0.25) is 0 Å². The maximum absolute atomic E-state index is 11.1. The monoisotopic (exact) mass is 222 g/mol. The van der Waals surface area contributed by atoms with Crippen molar-refractivity contribution in [2.75, 3.05) is 0 Å². The van der Waals surface area contributed by atoms with Gasteiger partial charge in [-0.2, -0.15) is 8.42 Å². The molecule has 14 heavy (non-hydrogen) atoms. The van der Waals surface area contributed by atoms with Crippen molar-refractivity contribution in [2.45, 2.75) is 0 Å². The smallest absolute Gasteiger partial charge is 0.366 e. The molecule has 0 aliphatic carbocycles. The van der Waals surface area contributed by atoms with Gasteiger partial charge in [-0.05, 0) is 12.1 Å². The molecule has 1 aromatic carbocycles. The first kappa shape index (κ1) is 11.5. The number of amides is 1. The van der Waals surface area contributed by atoms with Gasteiger partial charge in [0.1, 0.15) is 0 Å². The predicted octanol–water partition coefficient (Wildman–Crippen LogP) is -0.327. The van der Waals surface area contributed by atoms with Crippen LogP contribution in [0.15, 0.2) is 24.3 Å². The molecule has 0 atom stereocenters. The molecule has 7 heteroatoms. The van der Waals surface area contributed by atoms with Gasteiger partial charge < -0.3 is 4.18 Å². The fraction of sp³-hybridized carbons (Fsp3) is 0. The molecule has 0 saturated heterocycles. The van der Waals surface area contributed by atoms with Gasteiger partial charge >= 0.3 is 10.3 Å². The first-order valence-corrected chi connectivity index (χ1v) is 4.85. The van der Waals surface area contributed by atoms with Crippen molar-refractivity contribution in [3.63, 3.8) is 0 Å². The summed E-state index contributed by atoms with van der Waals surface area (Å²) in [5.74, 6) is -0.604.